The average Bonchev–Trinajstić information content (AvgIpc) is 2.90. The molecule has 0 fully saturated rings. The first-order valence-corrected chi connectivity index (χ1v) is 7.07. The third kappa shape index (κ3) is 2.71. The Hall–Kier alpha value is -2.00. The van der Waals surface area contributed by atoms with E-state index >= 15 is 0 Å². The van der Waals surface area contributed by atoms with Crippen molar-refractivity contribution >= 4 is 27.3 Å². The third-order valence-electron chi connectivity index (χ3n) is 3.02. The Morgan fingerprint density at radius 1 is 1.00 bits per heavy atom. The van der Waals surface area contributed by atoms with Crippen LogP contribution in [0.3, 0.4) is 0 Å². The molecule has 19 heavy (non-hydrogen) atoms. The van der Waals surface area contributed by atoms with Gasteiger partial charge < -0.3 is 0 Å². The molecule has 0 aliphatic heterocycles. The lowest BCUT2D eigenvalue weighted by molar-refractivity contribution is 0.0982. The molecule has 0 unspecified atom stereocenters. The summed E-state index contributed by atoms with van der Waals surface area (Å²) in [6.07, 6.45) is 1.29. The van der Waals surface area contributed by atoms with Gasteiger partial charge in [-0.3, -0.25) is 4.79 Å². The van der Waals surface area contributed by atoms with Crippen LogP contribution in [-0.2, 0) is 6.42 Å². The van der Waals surface area contributed by atoms with Crippen molar-refractivity contribution in [1.29, 1.82) is 0 Å². The second kappa shape index (κ2) is 5.33. The zero-order valence-electron chi connectivity index (χ0n) is 10.4. The first-order chi connectivity index (χ1) is 9.33. The molecule has 2 aromatic carbocycles. The highest BCUT2D eigenvalue weighted by Gasteiger charge is 2.11. The number of carbonyl (C=O) groups is 1. The number of ketones is 1. The summed E-state index contributed by atoms with van der Waals surface area (Å²) in [5.41, 5.74) is 2.10. The van der Waals surface area contributed by atoms with Crippen LogP contribution in [0.4, 0.5) is 0 Å². The zero-order chi connectivity index (χ0) is 13.1. The Bertz CT molecular complexity index is 670. The van der Waals surface area contributed by atoms with E-state index < -0.39 is 0 Å². The van der Waals surface area contributed by atoms with E-state index in [0.717, 1.165) is 16.6 Å². The molecule has 1 aromatic heterocycles. The Kier molecular flexibility index (Phi) is 3.38. The van der Waals surface area contributed by atoms with Crippen molar-refractivity contribution in [2.75, 3.05) is 0 Å². The molecular weight excluding hydrogens is 254 g/mol. The van der Waals surface area contributed by atoms with Gasteiger partial charge in [0.15, 0.2) is 10.8 Å². The quantitative estimate of drug-likeness (QED) is 0.666. The van der Waals surface area contributed by atoms with Crippen molar-refractivity contribution in [2.45, 2.75) is 12.8 Å². The second-order valence-electron chi connectivity index (χ2n) is 4.40. The fourth-order valence-electron chi connectivity index (χ4n) is 2.00. The first-order valence-electron chi connectivity index (χ1n) is 6.25. The lowest BCUT2D eigenvalue weighted by Gasteiger charge is -1.98. The maximum absolute atomic E-state index is 12.1. The number of nitrogens with zero attached hydrogens (tertiary/aromatic N) is 1. The molecule has 0 atom stereocenters. The van der Waals surface area contributed by atoms with E-state index in [1.54, 1.807) is 0 Å². The standard InChI is InChI=1S/C16H13NOS/c18-14(11-10-12-6-2-1-3-7-12)16-17-13-8-4-5-9-15(13)19-16/h1-9H,10-11H2. The van der Waals surface area contributed by atoms with E-state index in [9.17, 15) is 4.79 Å². The molecule has 2 nitrogen and oxygen atoms in total. The first kappa shape index (κ1) is 12.1. The molecule has 94 valence electrons. The van der Waals surface area contributed by atoms with Gasteiger partial charge in [0.1, 0.15) is 0 Å². The molecule has 0 amide bonds. The summed E-state index contributed by atoms with van der Waals surface area (Å²) < 4.78 is 1.07. The summed E-state index contributed by atoms with van der Waals surface area (Å²) in [4.78, 5) is 16.5. The van der Waals surface area contributed by atoms with Crippen LogP contribution in [0.25, 0.3) is 10.2 Å². The number of aromatic nitrogens is 1. The van der Waals surface area contributed by atoms with Gasteiger partial charge >= 0.3 is 0 Å². The van der Waals surface area contributed by atoms with Crippen LogP contribution in [0, 0.1) is 0 Å². The number of thiazole rings is 1. The van der Waals surface area contributed by atoms with Crippen LogP contribution >= 0.6 is 11.3 Å². The molecule has 3 aromatic rings. The minimum atomic E-state index is 0.130. The number of carbonyl (C=O) groups excluding carboxylic acids is 1. The Labute approximate surface area is 115 Å². The third-order valence-corrected chi connectivity index (χ3v) is 4.09. The van der Waals surface area contributed by atoms with E-state index in [2.05, 4.69) is 4.98 Å². The molecule has 0 radical (unpaired) electrons. The SMILES string of the molecule is O=C(CCc1ccccc1)c1nc2ccccc2s1. The van der Waals surface area contributed by atoms with Gasteiger partial charge in [-0.2, -0.15) is 0 Å². The topological polar surface area (TPSA) is 30.0 Å². The fourth-order valence-corrected chi connectivity index (χ4v) is 2.93. The van der Waals surface area contributed by atoms with Gasteiger partial charge in [-0.25, -0.2) is 4.98 Å². The van der Waals surface area contributed by atoms with E-state index in [4.69, 9.17) is 0 Å². The molecule has 0 bridgehead atoms. The van der Waals surface area contributed by atoms with Crippen LogP contribution in [0.5, 0.6) is 0 Å². The fraction of sp³-hybridized carbons (Fsp3) is 0.125. The lowest BCUT2D eigenvalue weighted by atomic mass is 10.1. The van der Waals surface area contributed by atoms with E-state index in [0.29, 0.717) is 11.4 Å². The highest BCUT2D eigenvalue weighted by Crippen LogP contribution is 2.22. The second-order valence-corrected chi connectivity index (χ2v) is 5.43. The maximum Gasteiger partial charge on any atom is 0.191 e. The summed E-state index contributed by atoms with van der Waals surface area (Å²) >= 11 is 1.48. The largest absolute Gasteiger partial charge is 0.292 e. The molecule has 1 heterocycles. The summed E-state index contributed by atoms with van der Waals surface area (Å²) in [5, 5.41) is 0.622. The molecule has 0 saturated carbocycles. The smallest absolute Gasteiger partial charge is 0.191 e. The van der Waals surface area contributed by atoms with Crippen molar-refractivity contribution in [3.05, 3.63) is 65.2 Å². The van der Waals surface area contributed by atoms with Crippen molar-refractivity contribution < 1.29 is 4.79 Å². The monoisotopic (exact) mass is 267 g/mol. The summed E-state index contributed by atoms with van der Waals surface area (Å²) in [6.45, 7) is 0. The van der Waals surface area contributed by atoms with Crippen LogP contribution in [0.1, 0.15) is 21.8 Å². The van der Waals surface area contributed by atoms with Gasteiger partial charge in [0.2, 0.25) is 0 Å². The summed E-state index contributed by atoms with van der Waals surface area (Å²) in [5.74, 6) is 0.130. The molecular formula is C16H13NOS. The van der Waals surface area contributed by atoms with Crippen molar-refractivity contribution in [3.63, 3.8) is 0 Å². The predicted molar refractivity (Wildman–Crippen MR) is 78.7 cm³/mol. The minimum Gasteiger partial charge on any atom is -0.292 e. The van der Waals surface area contributed by atoms with Crippen LogP contribution in [0.2, 0.25) is 0 Å². The molecule has 0 aliphatic rings. The van der Waals surface area contributed by atoms with Crippen LogP contribution < -0.4 is 0 Å². The lowest BCUT2D eigenvalue weighted by Crippen LogP contribution is -2.00. The number of hydrogen-bond donors (Lipinski definition) is 0. The van der Waals surface area contributed by atoms with Crippen LogP contribution in [-0.4, -0.2) is 10.8 Å². The molecule has 0 N–H and O–H groups in total. The number of hydrogen-bond acceptors (Lipinski definition) is 3. The number of aryl methyl sites for hydroxylation is 1. The van der Waals surface area contributed by atoms with Gasteiger partial charge in [-0.05, 0) is 24.1 Å². The van der Waals surface area contributed by atoms with E-state index in [-0.39, 0.29) is 5.78 Å². The average molecular weight is 267 g/mol. The normalized spacial score (nSPS) is 10.7. The van der Waals surface area contributed by atoms with Crippen molar-refractivity contribution in [3.8, 4) is 0 Å². The highest BCUT2D eigenvalue weighted by molar-refractivity contribution is 7.20. The highest BCUT2D eigenvalue weighted by atomic mass is 32.1. The molecule has 3 heteroatoms. The minimum absolute atomic E-state index is 0.130. The van der Waals surface area contributed by atoms with E-state index in [1.807, 2.05) is 54.6 Å². The number of fused-ring (bicyclic) bond motifs is 1. The zero-order valence-corrected chi connectivity index (χ0v) is 11.2. The molecule has 3 rings (SSSR count). The number of para-hydroxylation sites is 1. The van der Waals surface area contributed by atoms with Gasteiger partial charge in [0, 0.05) is 6.42 Å². The van der Waals surface area contributed by atoms with Gasteiger partial charge in [-0.15, -0.1) is 11.3 Å². The maximum atomic E-state index is 12.1. The molecule has 0 saturated heterocycles. The van der Waals surface area contributed by atoms with Gasteiger partial charge in [0.05, 0.1) is 10.2 Å². The number of rotatable bonds is 4. The summed E-state index contributed by atoms with van der Waals surface area (Å²) in [7, 11) is 0. The predicted octanol–water partition coefficient (Wildman–Crippen LogP) is 4.11. The van der Waals surface area contributed by atoms with Crippen molar-refractivity contribution in [1.82, 2.24) is 4.98 Å². The van der Waals surface area contributed by atoms with Gasteiger partial charge in [-0.1, -0.05) is 42.5 Å². The van der Waals surface area contributed by atoms with Crippen LogP contribution in [0.15, 0.2) is 54.6 Å². The molecule has 0 spiro atoms. The Morgan fingerprint density at radius 3 is 2.53 bits per heavy atom. The Balaban J connectivity index is 1.73. The van der Waals surface area contributed by atoms with E-state index in [1.165, 1.54) is 16.9 Å². The van der Waals surface area contributed by atoms with Crippen molar-refractivity contribution in [2.24, 2.45) is 0 Å². The Morgan fingerprint density at radius 2 is 1.74 bits per heavy atom. The molecule has 0 aliphatic carbocycles. The number of Topliss-reactive ketones (excluding diaryl/α,β-unsaturated/α-hetero) is 1. The summed E-state index contributed by atoms with van der Waals surface area (Å²) in [6, 6.07) is 17.9. The van der Waals surface area contributed by atoms with Gasteiger partial charge in [0.25, 0.3) is 0 Å². The number of benzene rings is 2.